The summed E-state index contributed by atoms with van der Waals surface area (Å²) in [6.45, 7) is 0. The van der Waals surface area contributed by atoms with Crippen molar-refractivity contribution in [2.24, 2.45) is 0 Å². The molecule has 192 valence electrons. The van der Waals surface area contributed by atoms with Gasteiger partial charge in [-0.1, -0.05) is 84.9 Å². The Balaban J connectivity index is 1.42. The number of fused-ring (bicyclic) bond motifs is 15. The first-order chi connectivity index (χ1) is 20.3. The normalized spacial score (nSPS) is 15.2. The van der Waals surface area contributed by atoms with Crippen LogP contribution in [-0.2, 0) is 0 Å². The molecule has 3 heteroatoms. The molecule has 0 unspecified atom stereocenters. The van der Waals surface area contributed by atoms with Crippen LogP contribution in [0, 0.1) is 0 Å². The molecule has 4 heterocycles. The first-order valence-electron chi connectivity index (χ1n) is 13.9. The van der Waals surface area contributed by atoms with Crippen LogP contribution in [0.25, 0.3) is 67.2 Å². The fourth-order valence-corrected chi connectivity index (χ4v) is 11.7. The lowest BCUT2D eigenvalue weighted by Crippen LogP contribution is -2.04. The van der Waals surface area contributed by atoms with E-state index in [9.17, 15) is 0 Å². The van der Waals surface area contributed by atoms with E-state index in [1.807, 2.05) is 12.1 Å². The Labute approximate surface area is 237 Å². The second-order valence-electron chi connectivity index (χ2n) is 10.9. The predicted octanol–water partition coefficient (Wildman–Crippen LogP) is 11.3. The molecule has 1 spiro atoms. The standard InChI is InChI=1S/C38H22O2S/c1-5-13-31-25(9-1)29-19-23-17-18-24-20-30-26-10-2-6-14-32(26)40-34(30)22-38(24)41(37(23)21-33(29)39-31)35-15-7-3-11-27(35)28-12-4-8-16-36(28)41/h1-22H. The van der Waals surface area contributed by atoms with Crippen molar-refractivity contribution in [3.63, 3.8) is 0 Å². The minimum Gasteiger partial charge on any atom is -0.456 e. The van der Waals surface area contributed by atoms with Crippen molar-refractivity contribution in [2.45, 2.75) is 19.6 Å². The summed E-state index contributed by atoms with van der Waals surface area (Å²) in [5.74, 6) is 0. The van der Waals surface area contributed by atoms with Crippen LogP contribution in [0.4, 0.5) is 0 Å². The molecule has 0 bridgehead atoms. The summed E-state index contributed by atoms with van der Waals surface area (Å²) in [6, 6.07) is 44.0. The molecule has 8 aromatic rings. The van der Waals surface area contributed by atoms with E-state index in [-0.39, 0.29) is 0 Å². The molecule has 0 fully saturated rings. The van der Waals surface area contributed by atoms with Crippen LogP contribution < -0.4 is 0 Å². The van der Waals surface area contributed by atoms with Gasteiger partial charge in [0.15, 0.2) is 0 Å². The SMILES string of the molecule is C1=Cc2cc3c(cc2S2(c4cc5oc6ccccc6c5cc41)c1ccccc1-c1ccccc12)oc1ccccc13. The van der Waals surface area contributed by atoms with Crippen LogP contribution in [-0.4, -0.2) is 0 Å². The zero-order valence-electron chi connectivity index (χ0n) is 21.9. The van der Waals surface area contributed by atoms with Crippen LogP contribution in [0.2, 0.25) is 0 Å². The molecule has 41 heavy (non-hydrogen) atoms. The van der Waals surface area contributed by atoms with Crippen molar-refractivity contribution in [2.75, 3.05) is 0 Å². The topological polar surface area (TPSA) is 26.3 Å². The van der Waals surface area contributed by atoms with Gasteiger partial charge in [-0.2, -0.15) is 0 Å². The van der Waals surface area contributed by atoms with Gasteiger partial charge in [0.05, 0.1) is 0 Å². The second kappa shape index (κ2) is 7.60. The molecule has 2 nitrogen and oxygen atoms in total. The average molecular weight is 543 g/mol. The largest absolute Gasteiger partial charge is 0.456 e. The van der Waals surface area contributed by atoms with Crippen molar-refractivity contribution < 1.29 is 8.83 Å². The fraction of sp³-hybridized carbons (Fsp3) is 0. The van der Waals surface area contributed by atoms with Crippen molar-refractivity contribution in [1.29, 1.82) is 0 Å². The number of para-hydroxylation sites is 2. The molecular formula is C38H22O2S. The Bertz CT molecular complexity index is 2270. The zero-order chi connectivity index (χ0) is 26.7. The molecular weight excluding hydrogens is 520 g/mol. The van der Waals surface area contributed by atoms with E-state index in [4.69, 9.17) is 8.83 Å². The van der Waals surface area contributed by atoms with Crippen molar-refractivity contribution >= 4 is 66.1 Å². The lowest BCUT2D eigenvalue weighted by molar-refractivity contribution is 0.667. The highest BCUT2D eigenvalue weighted by Gasteiger charge is 2.45. The maximum absolute atomic E-state index is 6.51. The summed E-state index contributed by atoms with van der Waals surface area (Å²) in [4.78, 5) is 5.37. The third-order valence-corrected chi connectivity index (χ3v) is 12.9. The quantitative estimate of drug-likeness (QED) is 0.190. The van der Waals surface area contributed by atoms with E-state index in [2.05, 4.69) is 121 Å². The Morgan fingerprint density at radius 3 is 1.32 bits per heavy atom. The van der Waals surface area contributed by atoms with E-state index in [0.29, 0.717) is 0 Å². The Morgan fingerprint density at radius 2 is 0.805 bits per heavy atom. The monoisotopic (exact) mass is 542 g/mol. The highest BCUT2D eigenvalue weighted by atomic mass is 32.3. The van der Waals surface area contributed by atoms with Crippen LogP contribution >= 0.6 is 10.0 Å². The first kappa shape index (κ1) is 21.8. The summed E-state index contributed by atoms with van der Waals surface area (Å²) in [7, 11) is -1.88. The van der Waals surface area contributed by atoms with Gasteiger partial charge in [0.1, 0.15) is 22.3 Å². The fourth-order valence-electron chi connectivity index (χ4n) is 7.13. The summed E-state index contributed by atoms with van der Waals surface area (Å²) in [6.07, 6.45) is 4.63. The molecule has 2 aliphatic rings. The molecule has 0 aliphatic carbocycles. The van der Waals surface area contributed by atoms with Gasteiger partial charge in [0.25, 0.3) is 0 Å². The van der Waals surface area contributed by atoms with Crippen molar-refractivity contribution in [3.8, 4) is 11.1 Å². The Hall–Kier alpha value is -4.99. The molecule has 6 aromatic carbocycles. The number of rotatable bonds is 0. The van der Waals surface area contributed by atoms with Crippen LogP contribution in [0.15, 0.2) is 150 Å². The number of benzene rings is 6. The summed E-state index contributed by atoms with van der Waals surface area (Å²) >= 11 is 0. The van der Waals surface area contributed by atoms with E-state index < -0.39 is 10.0 Å². The van der Waals surface area contributed by atoms with Gasteiger partial charge < -0.3 is 8.83 Å². The van der Waals surface area contributed by atoms with E-state index in [0.717, 1.165) is 43.9 Å². The molecule has 0 radical (unpaired) electrons. The van der Waals surface area contributed by atoms with E-state index in [1.54, 1.807) is 0 Å². The minimum absolute atomic E-state index is 0.923. The number of furan rings is 2. The smallest absolute Gasteiger partial charge is 0.136 e. The molecule has 0 N–H and O–H groups in total. The summed E-state index contributed by atoms with van der Waals surface area (Å²) < 4.78 is 13.0. The van der Waals surface area contributed by atoms with E-state index >= 15 is 0 Å². The summed E-state index contributed by atoms with van der Waals surface area (Å²) in [5, 5.41) is 4.62. The minimum atomic E-state index is -1.88. The number of hydrogen-bond acceptors (Lipinski definition) is 2. The molecule has 0 atom stereocenters. The Kier molecular flexibility index (Phi) is 4.04. The lowest BCUT2D eigenvalue weighted by atomic mass is 10.1. The molecule has 0 amide bonds. The lowest BCUT2D eigenvalue weighted by Gasteiger charge is -2.40. The second-order valence-corrected chi connectivity index (χ2v) is 13.9. The van der Waals surface area contributed by atoms with Gasteiger partial charge in [-0.05, 0) is 70.8 Å². The van der Waals surface area contributed by atoms with Crippen molar-refractivity contribution in [1.82, 2.24) is 0 Å². The molecule has 2 aromatic heterocycles. The van der Waals surface area contributed by atoms with Crippen LogP contribution in [0.1, 0.15) is 11.1 Å². The van der Waals surface area contributed by atoms with Gasteiger partial charge >= 0.3 is 0 Å². The third kappa shape index (κ3) is 2.65. The summed E-state index contributed by atoms with van der Waals surface area (Å²) in [5.41, 5.74) is 8.81. The zero-order valence-corrected chi connectivity index (χ0v) is 22.7. The highest BCUT2D eigenvalue weighted by molar-refractivity contribution is 8.34. The van der Waals surface area contributed by atoms with Crippen LogP contribution in [0.3, 0.4) is 0 Å². The van der Waals surface area contributed by atoms with Gasteiger partial charge in [-0.3, -0.25) is 0 Å². The van der Waals surface area contributed by atoms with Gasteiger partial charge in [-0.15, -0.1) is 10.0 Å². The first-order valence-corrected chi connectivity index (χ1v) is 15.5. The third-order valence-electron chi connectivity index (χ3n) is 8.84. The van der Waals surface area contributed by atoms with Gasteiger partial charge in [0.2, 0.25) is 0 Å². The maximum Gasteiger partial charge on any atom is 0.136 e. The Morgan fingerprint density at radius 1 is 0.366 bits per heavy atom. The van der Waals surface area contributed by atoms with Crippen molar-refractivity contribution in [3.05, 3.63) is 132 Å². The molecule has 10 rings (SSSR count). The maximum atomic E-state index is 6.51. The van der Waals surface area contributed by atoms with E-state index in [1.165, 1.54) is 41.8 Å². The molecule has 2 aliphatic heterocycles. The molecule has 0 saturated carbocycles. The predicted molar refractivity (Wildman–Crippen MR) is 169 cm³/mol. The van der Waals surface area contributed by atoms with Gasteiger partial charge in [0, 0.05) is 41.1 Å². The van der Waals surface area contributed by atoms with Crippen LogP contribution in [0.5, 0.6) is 0 Å². The van der Waals surface area contributed by atoms with Gasteiger partial charge in [-0.25, -0.2) is 0 Å². The highest BCUT2D eigenvalue weighted by Crippen LogP contribution is 2.82. The average Bonchev–Trinajstić information content (AvgIpc) is 3.63. The molecule has 0 saturated heterocycles. The number of hydrogen-bond donors (Lipinski definition) is 0.